The van der Waals surface area contributed by atoms with Gasteiger partial charge in [0.15, 0.2) is 0 Å². The minimum Gasteiger partial charge on any atom is -0.300 e. The molecule has 2 aliphatic heterocycles. The van der Waals surface area contributed by atoms with Gasteiger partial charge in [0.2, 0.25) is 0 Å². The summed E-state index contributed by atoms with van der Waals surface area (Å²) in [5.41, 5.74) is 0. The topological polar surface area (TPSA) is 20.3 Å². The second kappa shape index (κ2) is 3.17. The average Bonchev–Trinajstić information content (AvgIpc) is 2.04. The van der Waals surface area contributed by atoms with Gasteiger partial charge in [-0.2, -0.15) is 0 Å². The van der Waals surface area contributed by atoms with E-state index in [1.165, 1.54) is 25.8 Å². The van der Waals surface area contributed by atoms with Gasteiger partial charge in [0.25, 0.3) is 0 Å². The smallest absolute Gasteiger partial charge is 0.136 e. The van der Waals surface area contributed by atoms with Crippen molar-refractivity contribution in [3.8, 4) is 0 Å². The van der Waals surface area contributed by atoms with Crippen LogP contribution < -0.4 is 0 Å². The van der Waals surface area contributed by atoms with E-state index in [9.17, 15) is 4.79 Å². The number of rotatable bonds is 0. The van der Waals surface area contributed by atoms with Crippen molar-refractivity contribution in [1.29, 1.82) is 0 Å². The number of carbonyl (C=O) groups is 1. The first-order chi connectivity index (χ1) is 5.77. The van der Waals surface area contributed by atoms with Gasteiger partial charge >= 0.3 is 0 Å². The van der Waals surface area contributed by atoms with Crippen molar-refractivity contribution in [3.63, 3.8) is 0 Å². The minimum absolute atomic E-state index is 0.477. The monoisotopic (exact) mass is 167 g/mol. The van der Waals surface area contributed by atoms with Crippen molar-refractivity contribution in [3.05, 3.63) is 0 Å². The van der Waals surface area contributed by atoms with E-state index in [-0.39, 0.29) is 0 Å². The zero-order valence-corrected chi connectivity index (χ0v) is 7.75. The largest absolute Gasteiger partial charge is 0.300 e. The Labute approximate surface area is 73.9 Å². The van der Waals surface area contributed by atoms with Gasteiger partial charge in [0.05, 0.1) is 0 Å². The summed E-state index contributed by atoms with van der Waals surface area (Å²) in [6.07, 6.45) is 5.51. The van der Waals surface area contributed by atoms with Crippen molar-refractivity contribution in [1.82, 2.24) is 4.90 Å². The van der Waals surface area contributed by atoms with Crippen molar-refractivity contribution >= 4 is 5.78 Å². The predicted octanol–water partition coefficient (Wildman–Crippen LogP) is 1.59. The molecule has 0 aliphatic carbocycles. The summed E-state index contributed by atoms with van der Waals surface area (Å²) in [6, 6.07) is 1.10. The van der Waals surface area contributed by atoms with Crippen LogP contribution in [0.1, 0.15) is 39.0 Å². The molecule has 2 nitrogen and oxygen atoms in total. The van der Waals surface area contributed by atoms with Crippen LogP contribution in [0.3, 0.4) is 0 Å². The molecule has 2 atom stereocenters. The van der Waals surface area contributed by atoms with Crippen LogP contribution in [0.25, 0.3) is 0 Å². The number of hydrogen-bond acceptors (Lipinski definition) is 2. The Hall–Kier alpha value is -0.370. The third kappa shape index (κ3) is 1.40. The average molecular weight is 167 g/mol. The van der Waals surface area contributed by atoms with Gasteiger partial charge in [-0.1, -0.05) is 6.42 Å². The maximum atomic E-state index is 11.3. The molecule has 0 saturated carbocycles. The van der Waals surface area contributed by atoms with Crippen LogP contribution in [0.2, 0.25) is 0 Å². The highest BCUT2D eigenvalue weighted by molar-refractivity contribution is 5.80. The first kappa shape index (κ1) is 8.24. The van der Waals surface area contributed by atoms with Gasteiger partial charge in [0.1, 0.15) is 5.78 Å². The fraction of sp³-hybridized carbons (Fsp3) is 0.900. The molecule has 0 spiro atoms. The van der Waals surface area contributed by atoms with E-state index in [4.69, 9.17) is 0 Å². The Balaban J connectivity index is 2.06. The van der Waals surface area contributed by atoms with E-state index in [0.717, 1.165) is 12.8 Å². The number of piperidine rings is 2. The molecule has 0 radical (unpaired) electrons. The van der Waals surface area contributed by atoms with Crippen LogP contribution in [0.5, 0.6) is 0 Å². The lowest BCUT2D eigenvalue weighted by Crippen LogP contribution is -2.50. The maximum absolute atomic E-state index is 11.3. The zero-order chi connectivity index (χ0) is 8.55. The Morgan fingerprint density at radius 1 is 1.33 bits per heavy atom. The summed E-state index contributed by atoms with van der Waals surface area (Å²) in [4.78, 5) is 13.8. The molecule has 0 aromatic rings. The second-order valence-electron chi connectivity index (χ2n) is 4.18. The number of nitrogens with zero attached hydrogens (tertiary/aromatic N) is 1. The van der Waals surface area contributed by atoms with Gasteiger partial charge in [0, 0.05) is 24.9 Å². The number of fused-ring (bicyclic) bond motifs is 1. The standard InChI is InChI=1S/C10H17NO/c1-8-6-10(12)7-9-4-2-3-5-11(8)9/h8-9H,2-7H2,1H3/t8-,9+/m0/s1. The normalized spacial score (nSPS) is 37.9. The van der Waals surface area contributed by atoms with E-state index in [1.54, 1.807) is 0 Å². The molecule has 2 aliphatic rings. The lowest BCUT2D eigenvalue weighted by molar-refractivity contribution is -0.125. The summed E-state index contributed by atoms with van der Waals surface area (Å²) < 4.78 is 0. The number of carbonyl (C=O) groups excluding carboxylic acids is 1. The van der Waals surface area contributed by atoms with Crippen LogP contribution in [0, 0.1) is 0 Å². The highest BCUT2D eigenvalue weighted by atomic mass is 16.1. The van der Waals surface area contributed by atoms with Gasteiger partial charge in [-0.25, -0.2) is 0 Å². The van der Waals surface area contributed by atoms with Gasteiger partial charge in [-0.3, -0.25) is 9.69 Å². The molecule has 0 bridgehead atoms. The van der Waals surface area contributed by atoms with Crippen LogP contribution in [-0.4, -0.2) is 29.3 Å². The lowest BCUT2D eigenvalue weighted by Gasteiger charge is -2.42. The molecule has 2 heteroatoms. The molecule has 0 N–H and O–H groups in total. The molecular formula is C10H17NO. The Morgan fingerprint density at radius 2 is 2.17 bits per heavy atom. The Morgan fingerprint density at radius 3 is 3.00 bits per heavy atom. The third-order valence-electron chi connectivity index (χ3n) is 3.23. The summed E-state index contributed by atoms with van der Waals surface area (Å²) in [5, 5.41) is 0. The molecular weight excluding hydrogens is 150 g/mol. The fourth-order valence-corrected chi connectivity index (χ4v) is 2.62. The third-order valence-corrected chi connectivity index (χ3v) is 3.23. The van der Waals surface area contributed by atoms with E-state index in [2.05, 4.69) is 11.8 Å². The van der Waals surface area contributed by atoms with Gasteiger partial charge in [-0.05, 0) is 26.3 Å². The second-order valence-corrected chi connectivity index (χ2v) is 4.18. The van der Waals surface area contributed by atoms with Crippen molar-refractivity contribution in [2.75, 3.05) is 6.54 Å². The minimum atomic E-state index is 0.477. The first-order valence-corrected chi connectivity index (χ1v) is 5.05. The number of ketones is 1. The molecule has 0 unspecified atom stereocenters. The molecule has 12 heavy (non-hydrogen) atoms. The summed E-state index contributed by atoms with van der Waals surface area (Å²) >= 11 is 0. The van der Waals surface area contributed by atoms with Crippen LogP contribution in [-0.2, 0) is 4.79 Å². The Kier molecular flexibility index (Phi) is 2.18. The quantitative estimate of drug-likeness (QED) is 0.546. The van der Waals surface area contributed by atoms with E-state index in [1.807, 2.05) is 0 Å². The summed E-state index contributed by atoms with van der Waals surface area (Å²) in [7, 11) is 0. The maximum Gasteiger partial charge on any atom is 0.136 e. The molecule has 68 valence electrons. The van der Waals surface area contributed by atoms with Gasteiger partial charge < -0.3 is 0 Å². The Bertz CT molecular complexity index is 190. The van der Waals surface area contributed by atoms with Crippen LogP contribution in [0.4, 0.5) is 0 Å². The van der Waals surface area contributed by atoms with Crippen LogP contribution in [0.15, 0.2) is 0 Å². The van der Waals surface area contributed by atoms with E-state index < -0.39 is 0 Å². The van der Waals surface area contributed by atoms with E-state index in [0.29, 0.717) is 17.9 Å². The number of hydrogen-bond donors (Lipinski definition) is 0. The lowest BCUT2D eigenvalue weighted by atomic mass is 9.89. The molecule has 0 amide bonds. The van der Waals surface area contributed by atoms with Crippen molar-refractivity contribution < 1.29 is 4.79 Å². The fourth-order valence-electron chi connectivity index (χ4n) is 2.62. The molecule has 0 aromatic carbocycles. The highest BCUT2D eigenvalue weighted by Crippen LogP contribution is 2.27. The van der Waals surface area contributed by atoms with Crippen LogP contribution >= 0.6 is 0 Å². The van der Waals surface area contributed by atoms with Gasteiger partial charge in [-0.15, -0.1) is 0 Å². The molecule has 2 fully saturated rings. The summed E-state index contributed by atoms with van der Waals surface area (Å²) in [5.74, 6) is 0.477. The highest BCUT2D eigenvalue weighted by Gasteiger charge is 2.33. The zero-order valence-electron chi connectivity index (χ0n) is 7.75. The first-order valence-electron chi connectivity index (χ1n) is 5.05. The molecule has 2 heterocycles. The number of Topliss-reactive ketones (excluding diaryl/α,β-unsaturated/α-hetero) is 1. The molecule has 2 saturated heterocycles. The SMILES string of the molecule is C[C@H]1CC(=O)C[C@H]2CCCCN21. The predicted molar refractivity (Wildman–Crippen MR) is 48.0 cm³/mol. The van der Waals surface area contributed by atoms with Crippen molar-refractivity contribution in [2.45, 2.75) is 51.1 Å². The summed E-state index contributed by atoms with van der Waals surface area (Å²) in [6.45, 7) is 3.41. The van der Waals surface area contributed by atoms with E-state index >= 15 is 0 Å². The molecule has 0 aromatic heterocycles. The molecule has 2 rings (SSSR count). The van der Waals surface area contributed by atoms with Crippen molar-refractivity contribution in [2.24, 2.45) is 0 Å².